The fourth-order valence-corrected chi connectivity index (χ4v) is 1.99. The minimum Gasteiger partial charge on any atom is -0.344 e. The molecule has 2 aromatic carbocycles. The first-order valence-corrected chi connectivity index (χ1v) is 5.93. The van der Waals surface area contributed by atoms with E-state index in [4.69, 9.17) is 5.73 Å². The van der Waals surface area contributed by atoms with Gasteiger partial charge in [-0.3, -0.25) is 0 Å². The molecular formula is C15H17FN2. The van der Waals surface area contributed by atoms with Crippen LogP contribution in [0.5, 0.6) is 0 Å². The van der Waals surface area contributed by atoms with Gasteiger partial charge in [0.2, 0.25) is 0 Å². The number of rotatable bonds is 3. The van der Waals surface area contributed by atoms with Crippen LogP contribution in [0.15, 0.2) is 48.5 Å². The van der Waals surface area contributed by atoms with Gasteiger partial charge < -0.3 is 10.6 Å². The van der Waals surface area contributed by atoms with Crippen LogP contribution in [0.1, 0.15) is 18.5 Å². The van der Waals surface area contributed by atoms with Crippen LogP contribution in [0, 0.1) is 5.82 Å². The SMILES string of the molecule is C[C@@H](N)c1cc(F)ccc1N(C)c1ccccc1. The highest BCUT2D eigenvalue weighted by atomic mass is 19.1. The molecule has 3 heteroatoms. The summed E-state index contributed by atoms with van der Waals surface area (Å²) >= 11 is 0. The first kappa shape index (κ1) is 12.6. The maximum Gasteiger partial charge on any atom is 0.123 e. The van der Waals surface area contributed by atoms with Gasteiger partial charge in [0.25, 0.3) is 0 Å². The maximum atomic E-state index is 13.3. The largest absolute Gasteiger partial charge is 0.344 e. The Morgan fingerprint density at radius 3 is 2.39 bits per heavy atom. The molecule has 2 aromatic rings. The van der Waals surface area contributed by atoms with Gasteiger partial charge in [0.1, 0.15) is 5.82 Å². The van der Waals surface area contributed by atoms with Gasteiger partial charge in [-0.15, -0.1) is 0 Å². The van der Waals surface area contributed by atoms with Crippen LogP contribution >= 0.6 is 0 Å². The summed E-state index contributed by atoms with van der Waals surface area (Å²) in [5.74, 6) is -0.257. The monoisotopic (exact) mass is 244 g/mol. The van der Waals surface area contributed by atoms with Gasteiger partial charge in [-0.05, 0) is 42.8 Å². The Kier molecular flexibility index (Phi) is 3.63. The van der Waals surface area contributed by atoms with E-state index in [1.807, 2.05) is 49.2 Å². The summed E-state index contributed by atoms with van der Waals surface area (Å²) in [5.41, 5.74) is 8.69. The predicted octanol–water partition coefficient (Wildman–Crippen LogP) is 3.61. The number of benzene rings is 2. The van der Waals surface area contributed by atoms with Crippen LogP contribution in [-0.4, -0.2) is 7.05 Å². The molecule has 0 aliphatic carbocycles. The van der Waals surface area contributed by atoms with E-state index in [1.165, 1.54) is 12.1 Å². The average molecular weight is 244 g/mol. The molecule has 0 aromatic heterocycles. The van der Waals surface area contributed by atoms with Crippen molar-refractivity contribution in [3.05, 3.63) is 59.9 Å². The zero-order chi connectivity index (χ0) is 13.1. The van der Waals surface area contributed by atoms with Crippen molar-refractivity contribution in [1.29, 1.82) is 0 Å². The molecule has 2 rings (SSSR count). The van der Waals surface area contributed by atoms with Gasteiger partial charge in [0.05, 0.1) is 0 Å². The van der Waals surface area contributed by atoms with Gasteiger partial charge >= 0.3 is 0 Å². The second kappa shape index (κ2) is 5.19. The first-order valence-electron chi connectivity index (χ1n) is 5.93. The van der Waals surface area contributed by atoms with E-state index < -0.39 is 0 Å². The number of nitrogens with two attached hydrogens (primary N) is 1. The molecule has 0 saturated heterocycles. The highest BCUT2D eigenvalue weighted by Gasteiger charge is 2.12. The standard InChI is InChI=1S/C15H17FN2/c1-11(17)14-10-12(16)8-9-15(14)18(2)13-6-4-3-5-7-13/h3-11H,17H2,1-2H3/t11-/m1/s1. The van der Waals surface area contributed by atoms with Crippen molar-refractivity contribution in [2.75, 3.05) is 11.9 Å². The van der Waals surface area contributed by atoms with Gasteiger partial charge in [-0.2, -0.15) is 0 Å². The van der Waals surface area contributed by atoms with Crippen molar-refractivity contribution in [1.82, 2.24) is 0 Å². The Hall–Kier alpha value is -1.87. The molecule has 0 unspecified atom stereocenters. The quantitative estimate of drug-likeness (QED) is 0.893. The van der Waals surface area contributed by atoms with E-state index >= 15 is 0 Å². The molecule has 0 spiro atoms. The summed E-state index contributed by atoms with van der Waals surface area (Å²) in [4.78, 5) is 2.01. The molecule has 0 saturated carbocycles. The molecule has 0 heterocycles. The molecule has 94 valence electrons. The first-order chi connectivity index (χ1) is 8.59. The molecule has 18 heavy (non-hydrogen) atoms. The van der Waals surface area contributed by atoms with Crippen molar-refractivity contribution >= 4 is 11.4 Å². The van der Waals surface area contributed by atoms with Crippen molar-refractivity contribution in [3.8, 4) is 0 Å². The molecule has 2 nitrogen and oxygen atoms in total. The van der Waals surface area contributed by atoms with Crippen molar-refractivity contribution in [2.24, 2.45) is 5.73 Å². The Morgan fingerprint density at radius 2 is 1.78 bits per heavy atom. The predicted molar refractivity (Wildman–Crippen MR) is 73.5 cm³/mol. The Balaban J connectivity index is 2.45. The van der Waals surface area contributed by atoms with Gasteiger partial charge in [0, 0.05) is 24.5 Å². The van der Waals surface area contributed by atoms with E-state index in [1.54, 1.807) is 6.07 Å². The molecular weight excluding hydrogens is 227 g/mol. The average Bonchev–Trinajstić information content (AvgIpc) is 2.39. The molecule has 0 radical (unpaired) electrons. The number of hydrogen-bond acceptors (Lipinski definition) is 2. The molecule has 0 fully saturated rings. The second-order valence-electron chi connectivity index (χ2n) is 4.39. The van der Waals surface area contributed by atoms with Crippen LogP contribution in [0.3, 0.4) is 0 Å². The summed E-state index contributed by atoms with van der Waals surface area (Å²) in [6.07, 6.45) is 0. The van der Waals surface area contributed by atoms with Gasteiger partial charge in [-0.25, -0.2) is 4.39 Å². The number of nitrogens with zero attached hydrogens (tertiary/aromatic N) is 1. The third kappa shape index (κ3) is 2.51. The maximum absolute atomic E-state index is 13.3. The number of para-hydroxylation sites is 1. The minimum atomic E-state index is -0.257. The van der Waals surface area contributed by atoms with E-state index in [9.17, 15) is 4.39 Å². The molecule has 1 atom stereocenters. The van der Waals surface area contributed by atoms with Crippen LogP contribution < -0.4 is 10.6 Å². The lowest BCUT2D eigenvalue weighted by Gasteiger charge is -2.24. The normalized spacial score (nSPS) is 12.2. The lowest BCUT2D eigenvalue weighted by molar-refractivity contribution is 0.622. The summed E-state index contributed by atoms with van der Waals surface area (Å²) in [6.45, 7) is 1.86. The summed E-state index contributed by atoms with van der Waals surface area (Å²) in [7, 11) is 1.95. The Morgan fingerprint density at radius 1 is 1.11 bits per heavy atom. The summed E-state index contributed by atoms with van der Waals surface area (Å²) in [5, 5.41) is 0. The van der Waals surface area contributed by atoms with E-state index in [-0.39, 0.29) is 11.9 Å². The van der Waals surface area contributed by atoms with Crippen molar-refractivity contribution in [3.63, 3.8) is 0 Å². The fourth-order valence-electron chi connectivity index (χ4n) is 1.99. The number of anilines is 2. The van der Waals surface area contributed by atoms with Crippen molar-refractivity contribution in [2.45, 2.75) is 13.0 Å². The van der Waals surface area contributed by atoms with Crippen LogP contribution in [0.2, 0.25) is 0 Å². The zero-order valence-corrected chi connectivity index (χ0v) is 10.6. The minimum absolute atomic E-state index is 0.207. The van der Waals surface area contributed by atoms with E-state index in [0.29, 0.717) is 0 Å². The fraction of sp³-hybridized carbons (Fsp3) is 0.200. The smallest absolute Gasteiger partial charge is 0.123 e. The number of halogens is 1. The lowest BCUT2D eigenvalue weighted by Crippen LogP contribution is -2.15. The third-order valence-corrected chi connectivity index (χ3v) is 2.98. The number of hydrogen-bond donors (Lipinski definition) is 1. The van der Waals surface area contributed by atoms with E-state index in [2.05, 4.69) is 0 Å². The lowest BCUT2D eigenvalue weighted by atomic mass is 10.1. The third-order valence-electron chi connectivity index (χ3n) is 2.98. The van der Waals surface area contributed by atoms with Gasteiger partial charge in [-0.1, -0.05) is 18.2 Å². The molecule has 0 aliphatic heterocycles. The highest BCUT2D eigenvalue weighted by molar-refractivity contribution is 5.66. The zero-order valence-electron chi connectivity index (χ0n) is 10.6. The van der Waals surface area contributed by atoms with Crippen LogP contribution in [0.4, 0.5) is 15.8 Å². The molecule has 0 amide bonds. The van der Waals surface area contributed by atoms with Crippen LogP contribution in [0.25, 0.3) is 0 Å². The van der Waals surface area contributed by atoms with Crippen LogP contribution in [-0.2, 0) is 0 Å². The Labute approximate surface area is 107 Å². The molecule has 0 aliphatic rings. The second-order valence-corrected chi connectivity index (χ2v) is 4.39. The summed E-state index contributed by atoms with van der Waals surface area (Å²) < 4.78 is 13.3. The summed E-state index contributed by atoms with van der Waals surface area (Å²) in [6, 6.07) is 14.4. The van der Waals surface area contributed by atoms with Crippen molar-refractivity contribution < 1.29 is 4.39 Å². The van der Waals surface area contributed by atoms with Gasteiger partial charge in [0.15, 0.2) is 0 Å². The topological polar surface area (TPSA) is 29.3 Å². The van der Waals surface area contributed by atoms with E-state index in [0.717, 1.165) is 16.9 Å². The highest BCUT2D eigenvalue weighted by Crippen LogP contribution is 2.30. The molecule has 0 bridgehead atoms. The molecule has 2 N–H and O–H groups in total. The Bertz CT molecular complexity index is 523.